The summed E-state index contributed by atoms with van der Waals surface area (Å²) in [5, 5.41) is 4.05. The van der Waals surface area contributed by atoms with Gasteiger partial charge in [-0.3, -0.25) is 9.48 Å². The van der Waals surface area contributed by atoms with Crippen molar-refractivity contribution in [2.45, 2.75) is 31.8 Å². The standard InChI is InChI=1S/C17H23N5O/c1-20(2)15-6-3-5-14(11-15)16-7-4-9-22(16)17(23)8-10-21-13-18-12-19-21/h3,5-6,11-13,16H,4,7-10H2,1-2H3. The number of aromatic nitrogens is 3. The molecule has 6 heteroatoms. The minimum Gasteiger partial charge on any atom is -0.378 e. The predicted octanol–water partition coefficient (Wildman–Crippen LogP) is 2.10. The van der Waals surface area contributed by atoms with Gasteiger partial charge in [-0.05, 0) is 30.5 Å². The Morgan fingerprint density at radius 1 is 1.39 bits per heavy atom. The van der Waals surface area contributed by atoms with Crippen LogP contribution in [0.3, 0.4) is 0 Å². The Kier molecular flexibility index (Phi) is 4.60. The molecule has 1 aliphatic rings. The van der Waals surface area contributed by atoms with Crippen molar-refractivity contribution < 1.29 is 4.79 Å². The fourth-order valence-corrected chi connectivity index (χ4v) is 3.12. The van der Waals surface area contributed by atoms with E-state index in [9.17, 15) is 4.79 Å². The van der Waals surface area contributed by atoms with E-state index in [1.54, 1.807) is 11.0 Å². The quantitative estimate of drug-likeness (QED) is 0.848. The molecule has 1 amide bonds. The first kappa shape index (κ1) is 15.5. The molecule has 0 bridgehead atoms. The predicted molar refractivity (Wildman–Crippen MR) is 89.1 cm³/mol. The number of amides is 1. The van der Waals surface area contributed by atoms with Crippen LogP contribution in [0.25, 0.3) is 0 Å². The molecule has 6 nitrogen and oxygen atoms in total. The molecule has 2 aromatic rings. The Morgan fingerprint density at radius 2 is 2.26 bits per heavy atom. The molecule has 1 aromatic heterocycles. The summed E-state index contributed by atoms with van der Waals surface area (Å²) in [6.07, 6.45) is 5.70. The van der Waals surface area contributed by atoms with Crippen LogP contribution in [0.1, 0.15) is 30.9 Å². The average molecular weight is 313 g/mol. The van der Waals surface area contributed by atoms with Crippen LogP contribution < -0.4 is 4.90 Å². The van der Waals surface area contributed by atoms with Gasteiger partial charge in [0.2, 0.25) is 5.91 Å². The van der Waals surface area contributed by atoms with E-state index in [-0.39, 0.29) is 11.9 Å². The number of aryl methyl sites for hydroxylation is 1. The van der Waals surface area contributed by atoms with Crippen molar-refractivity contribution in [2.24, 2.45) is 0 Å². The van der Waals surface area contributed by atoms with Gasteiger partial charge >= 0.3 is 0 Å². The number of rotatable bonds is 5. The van der Waals surface area contributed by atoms with E-state index in [2.05, 4.69) is 39.2 Å². The Hall–Kier alpha value is -2.37. The minimum atomic E-state index is 0.193. The highest BCUT2D eigenvalue weighted by atomic mass is 16.2. The van der Waals surface area contributed by atoms with Gasteiger partial charge < -0.3 is 9.80 Å². The van der Waals surface area contributed by atoms with Crippen molar-refractivity contribution in [3.63, 3.8) is 0 Å². The summed E-state index contributed by atoms with van der Waals surface area (Å²) in [7, 11) is 4.07. The van der Waals surface area contributed by atoms with Crippen LogP contribution in [0, 0.1) is 0 Å². The second-order valence-corrected chi connectivity index (χ2v) is 6.14. The van der Waals surface area contributed by atoms with Crippen LogP contribution >= 0.6 is 0 Å². The van der Waals surface area contributed by atoms with Crippen molar-refractivity contribution in [2.75, 3.05) is 25.5 Å². The SMILES string of the molecule is CN(C)c1cccc(C2CCCN2C(=O)CCn2cncn2)c1. The zero-order valence-corrected chi connectivity index (χ0v) is 13.7. The number of nitrogens with zero attached hydrogens (tertiary/aromatic N) is 5. The monoisotopic (exact) mass is 313 g/mol. The number of likely N-dealkylation sites (tertiary alicyclic amines) is 1. The summed E-state index contributed by atoms with van der Waals surface area (Å²) in [4.78, 5) is 20.6. The maximum absolute atomic E-state index is 12.6. The molecule has 23 heavy (non-hydrogen) atoms. The summed E-state index contributed by atoms with van der Waals surface area (Å²) in [5.41, 5.74) is 2.40. The topological polar surface area (TPSA) is 54.3 Å². The second kappa shape index (κ2) is 6.81. The lowest BCUT2D eigenvalue weighted by Gasteiger charge is -2.26. The molecule has 0 aliphatic carbocycles. The van der Waals surface area contributed by atoms with Crippen molar-refractivity contribution in [1.29, 1.82) is 0 Å². The molecule has 0 N–H and O–H groups in total. The van der Waals surface area contributed by atoms with Crippen LogP contribution in [0.5, 0.6) is 0 Å². The molecular weight excluding hydrogens is 290 g/mol. The normalized spacial score (nSPS) is 17.5. The summed E-state index contributed by atoms with van der Waals surface area (Å²) < 4.78 is 1.70. The largest absolute Gasteiger partial charge is 0.378 e. The average Bonchev–Trinajstić information content (AvgIpc) is 3.24. The van der Waals surface area contributed by atoms with E-state index >= 15 is 0 Å². The molecular formula is C17H23N5O. The van der Waals surface area contributed by atoms with Crippen molar-refractivity contribution >= 4 is 11.6 Å². The van der Waals surface area contributed by atoms with Gasteiger partial charge in [-0.25, -0.2) is 4.98 Å². The molecule has 1 fully saturated rings. The summed E-state index contributed by atoms with van der Waals surface area (Å²) in [5.74, 6) is 0.193. The smallest absolute Gasteiger partial charge is 0.224 e. The lowest BCUT2D eigenvalue weighted by molar-refractivity contribution is -0.132. The second-order valence-electron chi connectivity index (χ2n) is 6.14. The van der Waals surface area contributed by atoms with Crippen molar-refractivity contribution in [1.82, 2.24) is 19.7 Å². The Morgan fingerprint density at radius 3 is 3.00 bits per heavy atom. The van der Waals surface area contributed by atoms with Gasteiger partial charge in [0.05, 0.1) is 12.6 Å². The van der Waals surface area contributed by atoms with E-state index in [1.165, 1.54) is 17.6 Å². The van der Waals surface area contributed by atoms with Gasteiger partial charge in [0, 0.05) is 32.7 Å². The zero-order valence-electron chi connectivity index (χ0n) is 13.7. The Labute approximate surface area is 136 Å². The molecule has 122 valence electrons. The fraction of sp³-hybridized carbons (Fsp3) is 0.471. The van der Waals surface area contributed by atoms with Crippen LogP contribution in [0.4, 0.5) is 5.69 Å². The maximum Gasteiger partial charge on any atom is 0.224 e. The lowest BCUT2D eigenvalue weighted by atomic mass is 10.0. The van der Waals surface area contributed by atoms with E-state index in [0.717, 1.165) is 19.4 Å². The van der Waals surface area contributed by atoms with Gasteiger partial charge in [0.1, 0.15) is 12.7 Å². The first-order valence-corrected chi connectivity index (χ1v) is 8.04. The third kappa shape index (κ3) is 3.52. The Balaban J connectivity index is 1.69. The first-order valence-electron chi connectivity index (χ1n) is 8.04. The highest BCUT2D eigenvalue weighted by Gasteiger charge is 2.29. The number of benzene rings is 1. The Bertz CT molecular complexity index is 653. The molecule has 1 atom stereocenters. The van der Waals surface area contributed by atoms with Gasteiger partial charge in [0.15, 0.2) is 0 Å². The van der Waals surface area contributed by atoms with Gasteiger partial charge in [-0.2, -0.15) is 5.10 Å². The highest BCUT2D eigenvalue weighted by molar-refractivity contribution is 5.77. The number of hydrogen-bond acceptors (Lipinski definition) is 4. The maximum atomic E-state index is 12.6. The molecule has 2 heterocycles. The van der Waals surface area contributed by atoms with Gasteiger partial charge in [-0.15, -0.1) is 0 Å². The van der Waals surface area contributed by atoms with E-state index in [0.29, 0.717) is 13.0 Å². The van der Waals surface area contributed by atoms with Gasteiger partial charge in [0.25, 0.3) is 0 Å². The lowest BCUT2D eigenvalue weighted by Crippen LogP contribution is -2.31. The molecule has 1 aliphatic heterocycles. The molecule has 3 rings (SSSR count). The van der Waals surface area contributed by atoms with Gasteiger partial charge in [-0.1, -0.05) is 12.1 Å². The van der Waals surface area contributed by atoms with Crippen LogP contribution in [-0.4, -0.2) is 46.2 Å². The van der Waals surface area contributed by atoms with Crippen LogP contribution in [0.15, 0.2) is 36.9 Å². The van der Waals surface area contributed by atoms with E-state index in [1.807, 2.05) is 19.0 Å². The number of hydrogen-bond donors (Lipinski definition) is 0. The van der Waals surface area contributed by atoms with Crippen molar-refractivity contribution in [3.05, 3.63) is 42.5 Å². The molecule has 1 saturated heterocycles. The molecule has 0 spiro atoms. The molecule has 1 unspecified atom stereocenters. The third-order valence-corrected chi connectivity index (χ3v) is 4.37. The first-order chi connectivity index (χ1) is 11.1. The molecule has 0 saturated carbocycles. The van der Waals surface area contributed by atoms with Crippen LogP contribution in [0.2, 0.25) is 0 Å². The number of carbonyl (C=O) groups excluding carboxylic acids is 1. The molecule has 1 aromatic carbocycles. The minimum absolute atomic E-state index is 0.193. The molecule has 0 radical (unpaired) electrons. The van der Waals surface area contributed by atoms with Crippen LogP contribution in [-0.2, 0) is 11.3 Å². The third-order valence-electron chi connectivity index (χ3n) is 4.37. The highest BCUT2D eigenvalue weighted by Crippen LogP contribution is 2.33. The number of carbonyl (C=O) groups is 1. The zero-order chi connectivity index (χ0) is 16.2. The van der Waals surface area contributed by atoms with E-state index < -0.39 is 0 Å². The number of anilines is 1. The van der Waals surface area contributed by atoms with E-state index in [4.69, 9.17) is 0 Å². The summed E-state index contributed by atoms with van der Waals surface area (Å²) in [6.45, 7) is 1.42. The summed E-state index contributed by atoms with van der Waals surface area (Å²) in [6, 6.07) is 8.67. The fourth-order valence-electron chi connectivity index (χ4n) is 3.12. The van der Waals surface area contributed by atoms with Crippen molar-refractivity contribution in [3.8, 4) is 0 Å². The summed E-state index contributed by atoms with van der Waals surface area (Å²) >= 11 is 0.